The maximum Gasteiger partial charge on any atom is 0.0771 e. The molecule has 0 saturated heterocycles. The summed E-state index contributed by atoms with van der Waals surface area (Å²) in [6.45, 7) is 3.59. The first-order valence-corrected chi connectivity index (χ1v) is 7.09. The molecule has 0 aliphatic heterocycles. The Labute approximate surface area is 110 Å². The van der Waals surface area contributed by atoms with E-state index in [0.29, 0.717) is 6.54 Å². The fourth-order valence-electron chi connectivity index (χ4n) is 2.75. The Morgan fingerprint density at radius 3 is 2.83 bits per heavy atom. The second kappa shape index (κ2) is 6.30. The summed E-state index contributed by atoms with van der Waals surface area (Å²) in [4.78, 5) is 4.41. The molecule has 1 aliphatic rings. The summed E-state index contributed by atoms with van der Waals surface area (Å²) in [5, 5.41) is 13.8. The zero-order chi connectivity index (χ0) is 12.8. The molecule has 1 aliphatic carbocycles. The molecule has 1 heterocycles. The summed E-state index contributed by atoms with van der Waals surface area (Å²) in [5.41, 5.74) is 1.92. The van der Waals surface area contributed by atoms with E-state index < -0.39 is 5.60 Å². The van der Waals surface area contributed by atoms with Gasteiger partial charge in [-0.2, -0.15) is 0 Å². The molecule has 18 heavy (non-hydrogen) atoms. The molecule has 1 fully saturated rings. The number of nitrogens with one attached hydrogen (secondary N) is 1. The van der Waals surface area contributed by atoms with Gasteiger partial charge in [-0.3, -0.25) is 4.98 Å². The Morgan fingerprint density at radius 1 is 1.33 bits per heavy atom. The van der Waals surface area contributed by atoms with Gasteiger partial charge >= 0.3 is 0 Å². The van der Waals surface area contributed by atoms with Gasteiger partial charge in [-0.15, -0.1) is 0 Å². The number of nitrogens with zero attached hydrogens (tertiary/aromatic N) is 1. The van der Waals surface area contributed by atoms with Crippen LogP contribution in [0.3, 0.4) is 0 Å². The van der Waals surface area contributed by atoms with Crippen LogP contribution in [0, 0.1) is 0 Å². The van der Waals surface area contributed by atoms with Crippen LogP contribution in [0.15, 0.2) is 18.3 Å². The number of rotatable bonds is 5. The fourth-order valence-corrected chi connectivity index (χ4v) is 2.75. The van der Waals surface area contributed by atoms with Gasteiger partial charge in [0.15, 0.2) is 0 Å². The fraction of sp³-hybridized carbons (Fsp3) is 0.667. The summed E-state index contributed by atoms with van der Waals surface area (Å²) >= 11 is 0. The zero-order valence-electron chi connectivity index (χ0n) is 11.3. The molecule has 2 N–H and O–H groups in total. The Morgan fingerprint density at radius 2 is 2.11 bits per heavy atom. The van der Waals surface area contributed by atoms with E-state index in [1.165, 1.54) is 12.0 Å². The lowest BCUT2D eigenvalue weighted by molar-refractivity contribution is 0.00460. The highest BCUT2D eigenvalue weighted by Crippen LogP contribution is 2.27. The molecule has 0 radical (unpaired) electrons. The molecule has 3 heteroatoms. The van der Waals surface area contributed by atoms with Gasteiger partial charge in [0.2, 0.25) is 0 Å². The molecule has 3 nitrogen and oxygen atoms in total. The molecule has 100 valence electrons. The first kappa shape index (κ1) is 13.5. The van der Waals surface area contributed by atoms with Gasteiger partial charge in [-0.1, -0.05) is 32.3 Å². The van der Waals surface area contributed by atoms with Gasteiger partial charge in [0.05, 0.1) is 11.3 Å². The van der Waals surface area contributed by atoms with Gasteiger partial charge < -0.3 is 10.4 Å². The van der Waals surface area contributed by atoms with Crippen LogP contribution in [0.5, 0.6) is 0 Å². The van der Waals surface area contributed by atoms with Crippen molar-refractivity contribution >= 4 is 0 Å². The normalized spacial score (nSPS) is 18.8. The standard InChI is InChI=1S/C15H24N2O/c1-2-13-7-6-10-17-14(13)11-16-12-15(18)8-4-3-5-9-15/h6-7,10,16,18H,2-5,8-9,11-12H2,1H3. The first-order chi connectivity index (χ1) is 8.73. The third kappa shape index (κ3) is 3.53. The first-order valence-electron chi connectivity index (χ1n) is 7.09. The summed E-state index contributed by atoms with van der Waals surface area (Å²) in [6.07, 6.45) is 8.29. The van der Waals surface area contributed by atoms with Crippen molar-refractivity contribution in [1.29, 1.82) is 0 Å². The van der Waals surface area contributed by atoms with Crippen LogP contribution in [0.1, 0.15) is 50.3 Å². The molecule has 2 rings (SSSR count). The second-order valence-electron chi connectivity index (χ2n) is 5.35. The molecule has 1 saturated carbocycles. The summed E-state index contributed by atoms with van der Waals surface area (Å²) in [6, 6.07) is 4.11. The van der Waals surface area contributed by atoms with Gasteiger partial charge in [0.25, 0.3) is 0 Å². The van der Waals surface area contributed by atoms with E-state index in [1.807, 2.05) is 12.3 Å². The minimum atomic E-state index is -0.487. The summed E-state index contributed by atoms with van der Waals surface area (Å²) < 4.78 is 0. The maximum atomic E-state index is 10.4. The minimum absolute atomic E-state index is 0.487. The summed E-state index contributed by atoms with van der Waals surface area (Å²) in [5.74, 6) is 0. The van der Waals surface area contributed by atoms with Crippen molar-refractivity contribution in [3.05, 3.63) is 29.6 Å². The van der Waals surface area contributed by atoms with Crippen LogP contribution in [0.4, 0.5) is 0 Å². The number of aromatic nitrogens is 1. The van der Waals surface area contributed by atoms with E-state index in [9.17, 15) is 5.11 Å². The third-order valence-corrected chi connectivity index (χ3v) is 3.90. The predicted molar refractivity (Wildman–Crippen MR) is 73.4 cm³/mol. The van der Waals surface area contributed by atoms with E-state index in [4.69, 9.17) is 0 Å². The highest BCUT2D eigenvalue weighted by atomic mass is 16.3. The van der Waals surface area contributed by atoms with Crippen molar-refractivity contribution in [3.63, 3.8) is 0 Å². The Bertz CT molecular complexity index is 373. The van der Waals surface area contributed by atoms with Crippen LogP contribution in [-0.2, 0) is 13.0 Å². The average molecular weight is 248 g/mol. The molecule has 0 amide bonds. The van der Waals surface area contributed by atoms with Crippen molar-refractivity contribution in [2.24, 2.45) is 0 Å². The third-order valence-electron chi connectivity index (χ3n) is 3.90. The Balaban J connectivity index is 1.84. The number of hydrogen-bond donors (Lipinski definition) is 2. The number of aliphatic hydroxyl groups is 1. The molecule has 0 bridgehead atoms. The number of pyridine rings is 1. The zero-order valence-corrected chi connectivity index (χ0v) is 11.3. The van der Waals surface area contributed by atoms with E-state index in [1.54, 1.807) is 0 Å². The molecule has 0 spiro atoms. The molecule has 1 aromatic rings. The van der Waals surface area contributed by atoms with Gasteiger partial charge in [-0.25, -0.2) is 0 Å². The summed E-state index contributed by atoms with van der Waals surface area (Å²) in [7, 11) is 0. The van der Waals surface area contributed by atoms with E-state index in [2.05, 4.69) is 23.3 Å². The molecule has 0 unspecified atom stereocenters. The smallest absolute Gasteiger partial charge is 0.0771 e. The van der Waals surface area contributed by atoms with Crippen LogP contribution in [-0.4, -0.2) is 22.2 Å². The molecule has 1 aromatic heterocycles. The molecular formula is C15H24N2O. The van der Waals surface area contributed by atoms with Crippen LogP contribution < -0.4 is 5.32 Å². The topological polar surface area (TPSA) is 45.2 Å². The highest BCUT2D eigenvalue weighted by molar-refractivity contribution is 5.19. The van der Waals surface area contributed by atoms with Gasteiger partial charge in [0, 0.05) is 19.3 Å². The Hall–Kier alpha value is -0.930. The highest BCUT2D eigenvalue weighted by Gasteiger charge is 2.28. The molecule has 0 atom stereocenters. The minimum Gasteiger partial charge on any atom is -0.389 e. The maximum absolute atomic E-state index is 10.4. The molecular weight excluding hydrogens is 224 g/mol. The quantitative estimate of drug-likeness (QED) is 0.841. The lowest BCUT2D eigenvalue weighted by atomic mass is 9.85. The monoisotopic (exact) mass is 248 g/mol. The van der Waals surface area contributed by atoms with E-state index >= 15 is 0 Å². The van der Waals surface area contributed by atoms with E-state index in [-0.39, 0.29) is 0 Å². The number of hydrogen-bond acceptors (Lipinski definition) is 3. The largest absolute Gasteiger partial charge is 0.389 e. The van der Waals surface area contributed by atoms with Crippen molar-refractivity contribution in [2.45, 2.75) is 57.6 Å². The lowest BCUT2D eigenvalue weighted by Crippen LogP contribution is -2.42. The van der Waals surface area contributed by atoms with Crippen LogP contribution >= 0.6 is 0 Å². The average Bonchev–Trinajstić information content (AvgIpc) is 2.40. The van der Waals surface area contributed by atoms with Crippen molar-refractivity contribution in [1.82, 2.24) is 10.3 Å². The molecule has 0 aromatic carbocycles. The lowest BCUT2D eigenvalue weighted by Gasteiger charge is -2.32. The van der Waals surface area contributed by atoms with Crippen molar-refractivity contribution in [3.8, 4) is 0 Å². The van der Waals surface area contributed by atoms with Crippen LogP contribution in [0.25, 0.3) is 0 Å². The van der Waals surface area contributed by atoms with Gasteiger partial charge in [-0.05, 0) is 30.9 Å². The Kier molecular flexibility index (Phi) is 4.72. The van der Waals surface area contributed by atoms with Crippen LogP contribution in [0.2, 0.25) is 0 Å². The van der Waals surface area contributed by atoms with Crippen molar-refractivity contribution < 1.29 is 5.11 Å². The SMILES string of the molecule is CCc1cccnc1CNCC1(O)CCCCC1. The van der Waals surface area contributed by atoms with Crippen molar-refractivity contribution in [2.75, 3.05) is 6.54 Å². The second-order valence-corrected chi connectivity index (χ2v) is 5.35. The predicted octanol–water partition coefficient (Wildman–Crippen LogP) is 2.43. The number of aryl methyl sites for hydroxylation is 1. The van der Waals surface area contributed by atoms with E-state index in [0.717, 1.165) is 44.3 Å². The van der Waals surface area contributed by atoms with Gasteiger partial charge in [0.1, 0.15) is 0 Å².